The third-order valence-corrected chi connectivity index (χ3v) is 6.41. The predicted octanol–water partition coefficient (Wildman–Crippen LogP) is 0.481. The first-order valence-corrected chi connectivity index (χ1v) is 11.3. The van der Waals surface area contributed by atoms with Gasteiger partial charge in [0.2, 0.25) is 15.9 Å². The molecule has 1 aliphatic rings. The third-order valence-electron chi connectivity index (χ3n) is 5.03. The lowest BCUT2D eigenvalue weighted by atomic mass is 10.2. The SMILES string of the molecule is CNS(=O)(=O)c1cc(C(=O)N(C)CC(=O)Nc2ccc(N3CCOCC3)cc2)n(C)c1. The number of hydrogen-bond donors (Lipinski definition) is 2. The summed E-state index contributed by atoms with van der Waals surface area (Å²) in [6.07, 6.45) is 1.35. The van der Waals surface area contributed by atoms with Gasteiger partial charge in [-0.25, -0.2) is 13.1 Å². The highest BCUT2D eigenvalue weighted by molar-refractivity contribution is 7.89. The number of sulfonamides is 1. The largest absolute Gasteiger partial charge is 0.378 e. The molecule has 1 fully saturated rings. The maximum Gasteiger partial charge on any atom is 0.270 e. The first-order valence-electron chi connectivity index (χ1n) is 9.79. The minimum absolute atomic E-state index is 0.0148. The highest BCUT2D eigenvalue weighted by atomic mass is 32.2. The van der Waals surface area contributed by atoms with Crippen LogP contribution in [0.5, 0.6) is 0 Å². The molecule has 11 heteroatoms. The average molecular weight is 450 g/mol. The van der Waals surface area contributed by atoms with E-state index in [1.54, 1.807) is 7.05 Å². The molecule has 0 radical (unpaired) electrons. The Hall–Kier alpha value is -2.89. The van der Waals surface area contributed by atoms with Crippen molar-refractivity contribution in [3.05, 3.63) is 42.2 Å². The summed E-state index contributed by atoms with van der Waals surface area (Å²) in [6.45, 7) is 2.87. The number of hydrogen-bond acceptors (Lipinski definition) is 6. The lowest BCUT2D eigenvalue weighted by molar-refractivity contribution is -0.116. The van der Waals surface area contributed by atoms with E-state index in [1.165, 1.54) is 35.8 Å². The van der Waals surface area contributed by atoms with Gasteiger partial charge in [0.05, 0.1) is 19.8 Å². The van der Waals surface area contributed by atoms with Crippen LogP contribution < -0.4 is 14.9 Å². The van der Waals surface area contributed by atoms with Gasteiger partial charge in [0, 0.05) is 44.8 Å². The van der Waals surface area contributed by atoms with E-state index in [2.05, 4.69) is 14.9 Å². The number of nitrogens with one attached hydrogen (secondary N) is 2. The summed E-state index contributed by atoms with van der Waals surface area (Å²) in [4.78, 5) is 28.5. The zero-order chi connectivity index (χ0) is 22.6. The Bertz CT molecular complexity index is 1040. The van der Waals surface area contributed by atoms with Crippen LogP contribution >= 0.6 is 0 Å². The highest BCUT2D eigenvalue weighted by Crippen LogP contribution is 2.19. The van der Waals surface area contributed by atoms with Gasteiger partial charge in [-0.05, 0) is 37.4 Å². The van der Waals surface area contributed by atoms with E-state index in [-0.39, 0.29) is 23.0 Å². The molecule has 0 saturated carbocycles. The van der Waals surface area contributed by atoms with Crippen LogP contribution in [-0.2, 0) is 26.6 Å². The first-order chi connectivity index (χ1) is 14.7. The van der Waals surface area contributed by atoms with Crippen LogP contribution in [0.25, 0.3) is 0 Å². The Labute approximate surface area is 181 Å². The number of anilines is 2. The van der Waals surface area contributed by atoms with E-state index in [0.29, 0.717) is 18.9 Å². The van der Waals surface area contributed by atoms with E-state index >= 15 is 0 Å². The van der Waals surface area contributed by atoms with Crippen LogP contribution in [0.15, 0.2) is 41.4 Å². The quantitative estimate of drug-likeness (QED) is 0.636. The molecule has 0 unspecified atom stereocenters. The number of aryl methyl sites for hydroxylation is 1. The van der Waals surface area contributed by atoms with E-state index in [4.69, 9.17) is 4.74 Å². The van der Waals surface area contributed by atoms with Crippen LogP contribution in [-0.4, -0.2) is 76.6 Å². The summed E-state index contributed by atoms with van der Waals surface area (Å²) >= 11 is 0. The van der Waals surface area contributed by atoms with Crippen LogP contribution in [0.4, 0.5) is 11.4 Å². The summed E-state index contributed by atoms with van der Waals surface area (Å²) in [5, 5.41) is 2.77. The van der Waals surface area contributed by atoms with Crippen LogP contribution in [0.1, 0.15) is 10.5 Å². The van der Waals surface area contributed by atoms with E-state index in [1.807, 2.05) is 24.3 Å². The Morgan fingerprint density at radius 3 is 2.42 bits per heavy atom. The van der Waals surface area contributed by atoms with E-state index in [9.17, 15) is 18.0 Å². The van der Waals surface area contributed by atoms with Crippen molar-refractivity contribution in [1.82, 2.24) is 14.2 Å². The monoisotopic (exact) mass is 449 g/mol. The Kier molecular flexibility index (Phi) is 6.98. The molecule has 0 spiro atoms. The summed E-state index contributed by atoms with van der Waals surface area (Å²) < 4.78 is 32.9. The lowest BCUT2D eigenvalue weighted by Crippen LogP contribution is -2.36. The number of carbonyl (C=O) groups excluding carboxylic acids is 2. The summed E-state index contributed by atoms with van der Waals surface area (Å²) in [5.41, 5.74) is 1.85. The Morgan fingerprint density at radius 1 is 1.16 bits per heavy atom. The lowest BCUT2D eigenvalue weighted by Gasteiger charge is -2.28. The number of amides is 2. The molecule has 1 aliphatic heterocycles. The molecular formula is C20H27N5O5S. The Balaban J connectivity index is 1.59. The molecule has 0 atom stereocenters. The molecule has 2 heterocycles. The second-order valence-electron chi connectivity index (χ2n) is 7.24. The van der Waals surface area contributed by atoms with Crippen LogP contribution in [0.2, 0.25) is 0 Å². The zero-order valence-corrected chi connectivity index (χ0v) is 18.6. The second-order valence-corrected chi connectivity index (χ2v) is 9.12. The van der Waals surface area contributed by atoms with Gasteiger partial charge in [-0.2, -0.15) is 0 Å². The molecule has 2 N–H and O–H groups in total. The van der Waals surface area contributed by atoms with Gasteiger partial charge in [-0.15, -0.1) is 0 Å². The first kappa shape index (κ1) is 22.8. The van der Waals surface area contributed by atoms with Crippen molar-refractivity contribution < 1.29 is 22.7 Å². The standard InChI is InChI=1S/C20H27N5O5S/c1-21-31(28,29)17-12-18(23(2)13-17)20(27)24(3)14-19(26)22-15-4-6-16(7-5-15)25-8-10-30-11-9-25/h4-7,12-13,21H,8-11,14H2,1-3H3,(H,22,26). The molecule has 0 bridgehead atoms. The zero-order valence-electron chi connectivity index (χ0n) is 17.8. The molecular weight excluding hydrogens is 422 g/mol. The van der Waals surface area contributed by atoms with Crippen molar-refractivity contribution in [3.63, 3.8) is 0 Å². The van der Waals surface area contributed by atoms with Crippen molar-refractivity contribution in [2.45, 2.75) is 4.90 Å². The smallest absolute Gasteiger partial charge is 0.270 e. The molecule has 168 valence electrons. The van der Waals surface area contributed by atoms with Crippen molar-refractivity contribution in [2.75, 3.05) is 57.2 Å². The van der Waals surface area contributed by atoms with E-state index in [0.717, 1.165) is 18.8 Å². The third kappa shape index (κ3) is 5.43. The molecule has 1 saturated heterocycles. The summed E-state index contributed by atoms with van der Waals surface area (Å²) in [7, 11) is 0.697. The van der Waals surface area contributed by atoms with Crippen molar-refractivity contribution >= 4 is 33.2 Å². The average Bonchev–Trinajstić information content (AvgIpc) is 3.16. The van der Waals surface area contributed by atoms with Crippen molar-refractivity contribution in [1.29, 1.82) is 0 Å². The number of carbonyl (C=O) groups is 2. The minimum Gasteiger partial charge on any atom is -0.378 e. The Morgan fingerprint density at radius 2 is 1.81 bits per heavy atom. The number of nitrogens with zero attached hydrogens (tertiary/aromatic N) is 3. The van der Waals surface area contributed by atoms with Gasteiger partial charge in [-0.1, -0.05) is 0 Å². The number of ether oxygens (including phenoxy) is 1. The number of likely N-dealkylation sites (N-methyl/N-ethyl adjacent to an activating group) is 1. The second kappa shape index (κ2) is 9.50. The minimum atomic E-state index is -3.67. The van der Waals surface area contributed by atoms with Crippen LogP contribution in [0.3, 0.4) is 0 Å². The van der Waals surface area contributed by atoms with Crippen LogP contribution in [0, 0.1) is 0 Å². The molecule has 3 rings (SSSR count). The van der Waals surface area contributed by atoms with Crippen molar-refractivity contribution in [3.8, 4) is 0 Å². The fraction of sp³-hybridized carbons (Fsp3) is 0.400. The fourth-order valence-electron chi connectivity index (χ4n) is 3.27. The summed E-state index contributed by atoms with van der Waals surface area (Å²) in [6, 6.07) is 8.78. The fourth-order valence-corrected chi connectivity index (χ4v) is 4.07. The predicted molar refractivity (Wildman–Crippen MR) is 117 cm³/mol. The molecule has 1 aromatic carbocycles. The number of rotatable bonds is 7. The molecule has 31 heavy (non-hydrogen) atoms. The molecule has 2 amide bonds. The van der Waals surface area contributed by atoms with Gasteiger partial charge in [0.15, 0.2) is 0 Å². The molecule has 0 aliphatic carbocycles. The summed E-state index contributed by atoms with van der Waals surface area (Å²) in [5.74, 6) is -0.815. The molecule has 2 aromatic rings. The number of aromatic nitrogens is 1. The van der Waals surface area contributed by atoms with E-state index < -0.39 is 15.9 Å². The van der Waals surface area contributed by atoms with Gasteiger partial charge >= 0.3 is 0 Å². The van der Waals surface area contributed by atoms with Gasteiger partial charge in [-0.3, -0.25) is 9.59 Å². The number of morpholine rings is 1. The van der Waals surface area contributed by atoms with Crippen molar-refractivity contribution in [2.24, 2.45) is 7.05 Å². The van der Waals surface area contributed by atoms with Gasteiger partial charge in [0.1, 0.15) is 10.6 Å². The maximum atomic E-state index is 12.7. The highest BCUT2D eigenvalue weighted by Gasteiger charge is 2.22. The van der Waals surface area contributed by atoms with Gasteiger partial charge < -0.3 is 24.4 Å². The molecule has 10 nitrogen and oxygen atoms in total. The van der Waals surface area contributed by atoms with Gasteiger partial charge in [0.25, 0.3) is 5.91 Å². The topological polar surface area (TPSA) is 113 Å². The number of benzene rings is 1. The normalized spacial score (nSPS) is 14.4. The maximum absolute atomic E-state index is 12.7. The molecule has 1 aromatic heterocycles.